The molecule has 3 nitrogen and oxygen atoms in total. The minimum absolute atomic E-state index is 0.198. The van der Waals surface area contributed by atoms with Crippen LogP contribution in [0.1, 0.15) is 44.7 Å². The van der Waals surface area contributed by atoms with E-state index < -0.39 is 0 Å². The van der Waals surface area contributed by atoms with Gasteiger partial charge < -0.3 is 15.2 Å². The highest BCUT2D eigenvalue weighted by molar-refractivity contribution is 5.42. The molecule has 1 saturated carbocycles. The van der Waals surface area contributed by atoms with E-state index in [0.717, 1.165) is 11.5 Å². The topological polar surface area (TPSA) is 41.5 Å². The van der Waals surface area contributed by atoms with Gasteiger partial charge in [-0.3, -0.25) is 0 Å². The second-order valence-corrected chi connectivity index (χ2v) is 5.21. The van der Waals surface area contributed by atoms with Crippen molar-refractivity contribution in [1.29, 1.82) is 0 Å². The fraction of sp³-hybridized carbons (Fsp3) is 0.600. The molecule has 0 heterocycles. The molecule has 2 rings (SSSR count). The summed E-state index contributed by atoms with van der Waals surface area (Å²) in [5, 5.41) is 13.2. The Balaban J connectivity index is 1.95. The van der Waals surface area contributed by atoms with Gasteiger partial charge in [-0.2, -0.15) is 0 Å². The zero-order chi connectivity index (χ0) is 13.1. The number of rotatable bonds is 6. The van der Waals surface area contributed by atoms with E-state index in [0.29, 0.717) is 17.8 Å². The number of phenols is 1. The van der Waals surface area contributed by atoms with Gasteiger partial charge in [0.25, 0.3) is 0 Å². The third kappa shape index (κ3) is 2.96. The smallest absolute Gasteiger partial charge is 0.160 e. The predicted molar refractivity (Wildman–Crippen MR) is 73.0 cm³/mol. The van der Waals surface area contributed by atoms with E-state index >= 15 is 0 Å². The summed E-state index contributed by atoms with van der Waals surface area (Å²) in [5.41, 5.74) is 1.16. The fourth-order valence-electron chi connectivity index (χ4n) is 2.52. The first-order valence-corrected chi connectivity index (χ1v) is 6.78. The largest absolute Gasteiger partial charge is 0.504 e. The van der Waals surface area contributed by atoms with Gasteiger partial charge in [-0.25, -0.2) is 0 Å². The van der Waals surface area contributed by atoms with Gasteiger partial charge in [-0.15, -0.1) is 0 Å². The minimum Gasteiger partial charge on any atom is -0.504 e. The van der Waals surface area contributed by atoms with Crippen LogP contribution in [0.5, 0.6) is 11.5 Å². The average molecular weight is 249 g/mol. The van der Waals surface area contributed by atoms with E-state index in [4.69, 9.17) is 4.74 Å². The lowest BCUT2D eigenvalue weighted by Crippen LogP contribution is -2.22. The molecular formula is C15H23NO2. The van der Waals surface area contributed by atoms with Crippen molar-refractivity contribution in [2.75, 3.05) is 7.11 Å². The number of benzene rings is 1. The Labute approximate surface area is 109 Å². The molecule has 1 fully saturated rings. The lowest BCUT2D eigenvalue weighted by molar-refractivity contribution is 0.372. The van der Waals surface area contributed by atoms with Crippen molar-refractivity contribution < 1.29 is 9.84 Å². The van der Waals surface area contributed by atoms with Gasteiger partial charge in [0.15, 0.2) is 11.5 Å². The van der Waals surface area contributed by atoms with Crippen LogP contribution in [0.4, 0.5) is 0 Å². The fourth-order valence-corrected chi connectivity index (χ4v) is 2.52. The van der Waals surface area contributed by atoms with Gasteiger partial charge in [-0.05, 0) is 43.4 Å². The Morgan fingerprint density at radius 3 is 2.94 bits per heavy atom. The van der Waals surface area contributed by atoms with Crippen LogP contribution < -0.4 is 10.1 Å². The molecule has 1 aliphatic carbocycles. The van der Waals surface area contributed by atoms with E-state index in [1.807, 2.05) is 12.1 Å². The molecule has 3 atom stereocenters. The summed E-state index contributed by atoms with van der Waals surface area (Å²) in [7, 11) is 1.58. The zero-order valence-corrected chi connectivity index (χ0v) is 11.4. The van der Waals surface area contributed by atoms with Crippen LogP contribution in [0.2, 0.25) is 0 Å². The molecule has 3 heteroatoms. The molecule has 1 aromatic carbocycles. The molecule has 0 spiro atoms. The first kappa shape index (κ1) is 13.2. The zero-order valence-electron chi connectivity index (χ0n) is 11.4. The number of nitrogens with one attached hydrogen (secondary N) is 1. The van der Waals surface area contributed by atoms with Gasteiger partial charge in [0.2, 0.25) is 0 Å². The molecule has 0 bridgehead atoms. The molecule has 3 unspecified atom stereocenters. The number of methoxy groups -OCH3 is 1. The second kappa shape index (κ2) is 5.61. The minimum atomic E-state index is 0.198. The molecule has 0 amide bonds. The van der Waals surface area contributed by atoms with Crippen LogP contribution in [0.25, 0.3) is 0 Å². The Morgan fingerprint density at radius 1 is 1.50 bits per heavy atom. The number of hydrogen-bond donors (Lipinski definition) is 2. The van der Waals surface area contributed by atoms with Crippen LogP contribution in [-0.4, -0.2) is 18.3 Å². The molecule has 2 N–H and O–H groups in total. The Bertz CT molecular complexity index is 405. The molecule has 1 aliphatic rings. The number of hydrogen-bond acceptors (Lipinski definition) is 3. The number of ether oxygens (including phenoxy) is 1. The highest BCUT2D eigenvalue weighted by Gasteiger charge is 2.36. The van der Waals surface area contributed by atoms with Crippen LogP contribution in [0.3, 0.4) is 0 Å². The Morgan fingerprint density at radius 2 is 2.28 bits per heavy atom. The molecule has 0 aromatic heterocycles. The maximum Gasteiger partial charge on any atom is 0.160 e. The van der Waals surface area contributed by atoms with Crippen molar-refractivity contribution in [1.82, 2.24) is 5.32 Å². The highest BCUT2D eigenvalue weighted by atomic mass is 16.5. The molecule has 0 aliphatic heterocycles. The van der Waals surface area contributed by atoms with Crippen molar-refractivity contribution in [3.05, 3.63) is 23.8 Å². The van der Waals surface area contributed by atoms with Crippen molar-refractivity contribution >= 4 is 0 Å². The summed E-state index contributed by atoms with van der Waals surface area (Å²) in [6.45, 7) is 4.40. The highest BCUT2D eigenvalue weighted by Crippen LogP contribution is 2.37. The van der Waals surface area contributed by atoms with Crippen LogP contribution in [0.15, 0.2) is 18.2 Å². The predicted octanol–water partition coefficient (Wildman–Crippen LogP) is 3.24. The van der Waals surface area contributed by atoms with Gasteiger partial charge in [0, 0.05) is 12.1 Å². The maximum absolute atomic E-state index is 9.58. The molecule has 0 saturated heterocycles. The first-order chi connectivity index (χ1) is 8.65. The molecule has 18 heavy (non-hydrogen) atoms. The van der Waals surface area contributed by atoms with Gasteiger partial charge in [0.05, 0.1) is 7.11 Å². The summed E-state index contributed by atoms with van der Waals surface area (Å²) in [6.07, 6.45) is 3.89. The molecular weight excluding hydrogens is 226 g/mol. The van der Waals surface area contributed by atoms with Gasteiger partial charge >= 0.3 is 0 Å². The van der Waals surface area contributed by atoms with Crippen LogP contribution in [0, 0.1) is 5.92 Å². The van der Waals surface area contributed by atoms with Crippen molar-refractivity contribution in [2.24, 2.45) is 5.92 Å². The lowest BCUT2D eigenvalue weighted by atomic mass is 10.1. The summed E-state index contributed by atoms with van der Waals surface area (Å²) < 4.78 is 5.14. The van der Waals surface area contributed by atoms with E-state index in [9.17, 15) is 5.11 Å². The van der Waals surface area contributed by atoms with Crippen LogP contribution in [-0.2, 0) is 0 Å². The SMILES string of the molecule is CCCC1CC1NC(C)c1ccc(O)c(OC)c1. The van der Waals surface area contributed by atoms with Crippen LogP contribution >= 0.6 is 0 Å². The quantitative estimate of drug-likeness (QED) is 0.813. The first-order valence-electron chi connectivity index (χ1n) is 6.78. The summed E-state index contributed by atoms with van der Waals surface area (Å²) in [5.74, 6) is 1.60. The number of phenolic OH excluding ortho intramolecular Hbond substituents is 1. The normalized spacial score (nSPS) is 23.7. The lowest BCUT2D eigenvalue weighted by Gasteiger charge is -2.15. The third-order valence-corrected chi connectivity index (χ3v) is 3.75. The van der Waals surface area contributed by atoms with E-state index in [1.54, 1.807) is 13.2 Å². The standard InChI is InChI=1S/C15H23NO2/c1-4-5-12-8-13(12)16-10(2)11-6-7-14(17)15(9-11)18-3/h6-7,9-10,12-13,16-17H,4-5,8H2,1-3H3. The summed E-state index contributed by atoms with van der Waals surface area (Å²) >= 11 is 0. The average Bonchev–Trinajstić information content (AvgIpc) is 3.08. The van der Waals surface area contributed by atoms with Crippen molar-refractivity contribution in [3.63, 3.8) is 0 Å². The molecule has 100 valence electrons. The van der Waals surface area contributed by atoms with E-state index in [2.05, 4.69) is 19.2 Å². The molecule has 0 radical (unpaired) electrons. The monoisotopic (exact) mass is 249 g/mol. The molecule has 1 aromatic rings. The third-order valence-electron chi connectivity index (χ3n) is 3.75. The summed E-state index contributed by atoms with van der Waals surface area (Å²) in [4.78, 5) is 0. The Hall–Kier alpha value is -1.22. The van der Waals surface area contributed by atoms with Gasteiger partial charge in [0.1, 0.15) is 0 Å². The van der Waals surface area contributed by atoms with E-state index in [1.165, 1.54) is 19.3 Å². The number of aromatic hydroxyl groups is 1. The van der Waals surface area contributed by atoms with Gasteiger partial charge in [-0.1, -0.05) is 19.4 Å². The van der Waals surface area contributed by atoms with Crippen molar-refractivity contribution in [3.8, 4) is 11.5 Å². The second-order valence-electron chi connectivity index (χ2n) is 5.21. The van der Waals surface area contributed by atoms with Crippen molar-refractivity contribution in [2.45, 2.75) is 45.2 Å². The Kier molecular flexibility index (Phi) is 4.12. The maximum atomic E-state index is 9.58. The summed E-state index contributed by atoms with van der Waals surface area (Å²) in [6, 6.07) is 6.52. The van der Waals surface area contributed by atoms with E-state index in [-0.39, 0.29) is 5.75 Å².